The highest BCUT2D eigenvalue weighted by atomic mass is 32.1. The number of ether oxygens (including phenoxy) is 1. The normalized spacial score (nSPS) is 11.3. The van der Waals surface area contributed by atoms with Gasteiger partial charge < -0.3 is 10.1 Å². The molecule has 1 aromatic carbocycles. The number of hydrogen-bond donors (Lipinski definition) is 1. The number of nitrogens with one attached hydrogen (secondary N) is 1. The molecule has 0 aliphatic rings. The van der Waals surface area contributed by atoms with Crippen LogP contribution in [0.15, 0.2) is 47.6 Å². The summed E-state index contributed by atoms with van der Waals surface area (Å²) in [4.78, 5) is 4.35. The second kappa shape index (κ2) is 9.82. The molecule has 0 atom stereocenters. The minimum absolute atomic E-state index is 0.452. The van der Waals surface area contributed by atoms with Crippen LogP contribution in [0, 0.1) is 0 Å². The first-order valence-corrected chi connectivity index (χ1v) is 8.75. The Morgan fingerprint density at radius 1 is 1.25 bits per heavy atom. The molecule has 24 heavy (non-hydrogen) atoms. The van der Waals surface area contributed by atoms with Gasteiger partial charge in [0.25, 0.3) is 0 Å². The van der Waals surface area contributed by atoms with E-state index >= 15 is 0 Å². The number of rotatable bonds is 7. The van der Waals surface area contributed by atoms with Gasteiger partial charge >= 0.3 is 0 Å². The van der Waals surface area contributed by atoms with Crippen molar-refractivity contribution in [1.82, 2.24) is 15.1 Å². The Labute approximate surface area is 148 Å². The molecule has 1 N–H and O–H groups in total. The molecule has 1 aromatic heterocycles. The summed E-state index contributed by atoms with van der Waals surface area (Å²) in [6.45, 7) is 5.56. The van der Waals surface area contributed by atoms with E-state index in [0.29, 0.717) is 23.0 Å². The lowest BCUT2D eigenvalue weighted by molar-refractivity contribution is 0.282. The molecule has 2 rings (SSSR count). The van der Waals surface area contributed by atoms with Gasteiger partial charge in [0.1, 0.15) is 0 Å². The first-order chi connectivity index (χ1) is 11.7. The van der Waals surface area contributed by atoms with Gasteiger partial charge in [-0.25, -0.2) is 9.67 Å². The van der Waals surface area contributed by atoms with Crippen LogP contribution in [-0.2, 0) is 0 Å². The summed E-state index contributed by atoms with van der Waals surface area (Å²) < 4.78 is 7.73. The molecule has 0 spiro atoms. The maximum Gasteiger partial charge on any atom is 0.217 e. The predicted molar refractivity (Wildman–Crippen MR) is 100 cm³/mol. The van der Waals surface area contributed by atoms with Gasteiger partial charge in [-0.15, -0.1) is 0 Å². The van der Waals surface area contributed by atoms with E-state index < -0.39 is 0 Å². The first kappa shape index (κ1) is 18.1. The third kappa shape index (κ3) is 5.45. The van der Waals surface area contributed by atoms with E-state index in [9.17, 15) is 0 Å². The van der Waals surface area contributed by atoms with Crippen LogP contribution in [0.3, 0.4) is 0 Å². The van der Waals surface area contributed by atoms with Crippen molar-refractivity contribution in [3.05, 3.63) is 48.0 Å². The summed E-state index contributed by atoms with van der Waals surface area (Å²) in [7, 11) is 0. The fourth-order valence-corrected chi connectivity index (χ4v) is 2.41. The molecule has 0 fully saturated rings. The van der Waals surface area contributed by atoms with Crippen molar-refractivity contribution in [2.45, 2.75) is 33.1 Å². The minimum Gasteiger partial charge on any atom is -0.478 e. The van der Waals surface area contributed by atoms with Crippen LogP contribution in [0.4, 0.5) is 0 Å². The van der Waals surface area contributed by atoms with Gasteiger partial charge in [-0.1, -0.05) is 38.0 Å². The second-order valence-corrected chi connectivity index (χ2v) is 5.69. The third-order valence-corrected chi connectivity index (χ3v) is 3.58. The Morgan fingerprint density at radius 3 is 2.75 bits per heavy atom. The van der Waals surface area contributed by atoms with Crippen molar-refractivity contribution in [2.24, 2.45) is 4.99 Å². The summed E-state index contributed by atoms with van der Waals surface area (Å²) in [5, 5.41) is 8.61. The fraction of sp³-hybridized carbons (Fsp3) is 0.389. The lowest BCUT2D eigenvalue weighted by Crippen LogP contribution is -2.22. The largest absolute Gasteiger partial charge is 0.478 e. The van der Waals surface area contributed by atoms with E-state index in [1.807, 2.05) is 43.3 Å². The molecule has 0 bridgehead atoms. The maximum atomic E-state index is 5.95. The summed E-state index contributed by atoms with van der Waals surface area (Å²) in [5.41, 5.74) is 0.948. The van der Waals surface area contributed by atoms with Gasteiger partial charge in [0.2, 0.25) is 5.88 Å². The lowest BCUT2D eigenvalue weighted by atomic mass is 10.3. The summed E-state index contributed by atoms with van der Waals surface area (Å²) in [5.74, 6) is 0.665. The molecular formula is C18H24N4OS. The number of hydrogen-bond acceptors (Lipinski definition) is 3. The van der Waals surface area contributed by atoms with Crippen LogP contribution < -0.4 is 15.4 Å². The molecule has 0 aliphatic carbocycles. The Morgan fingerprint density at radius 2 is 2.04 bits per heavy atom. The maximum absolute atomic E-state index is 5.95. The molecule has 0 amide bonds. The average molecular weight is 344 g/mol. The Balaban J connectivity index is 2.31. The van der Waals surface area contributed by atoms with Crippen molar-refractivity contribution in [3.8, 4) is 11.6 Å². The van der Waals surface area contributed by atoms with Crippen LogP contribution in [0.2, 0.25) is 0 Å². The van der Waals surface area contributed by atoms with Crippen LogP contribution in [-0.4, -0.2) is 28.0 Å². The molecule has 6 heteroatoms. The highest BCUT2D eigenvalue weighted by Gasteiger charge is 2.05. The van der Waals surface area contributed by atoms with Crippen molar-refractivity contribution in [2.75, 3.05) is 13.2 Å². The zero-order valence-corrected chi connectivity index (χ0v) is 15.1. The van der Waals surface area contributed by atoms with Crippen LogP contribution >= 0.6 is 12.2 Å². The topological polar surface area (TPSA) is 51.4 Å². The second-order valence-electron chi connectivity index (χ2n) is 5.30. The van der Waals surface area contributed by atoms with E-state index in [1.54, 1.807) is 10.9 Å². The van der Waals surface area contributed by atoms with Crippen molar-refractivity contribution in [3.63, 3.8) is 0 Å². The van der Waals surface area contributed by atoms with Gasteiger partial charge in [0.15, 0.2) is 5.11 Å². The smallest absolute Gasteiger partial charge is 0.217 e. The highest BCUT2D eigenvalue weighted by molar-refractivity contribution is 7.80. The standard InChI is InChI=1S/C18H24N4OS/c1-3-5-9-12-23-17-13-15(21-18(24)19-4-2)14-20-22(17)16-10-7-6-8-11-16/h6-8,10-11,13-14H,3-5,9,12H2,1-2H3,(H,19,24). The number of unbranched alkanes of at least 4 members (excludes halogenated alkanes) is 2. The van der Waals surface area contributed by atoms with Gasteiger partial charge in [0.05, 0.1) is 23.8 Å². The first-order valence-electron chi connectivity index (χ1n) is 8.34. The molecular weight excluding hydrogens is 320 g/mol. The minimum atomic E-state index is 0.452. The number of thiocarbonyl (C=S) groups is 1. The van der Waals surface area contributed by atoms with E-state index in [-0.39, 0.29) is 0 Å². The Hall–Kier alpha value is -2.21. The molecule has 2 aromatic rings. The van der Waals surface area contributed by atoms with Gasteiger partial charge in [-0.2, -0.15) is 5.10 Å². The number of para-hydroxylation sites is 1. The highest BCUT2D eigenvalue weighted by Crippen LogP contribution is 2.14. The van der Waals surface area contributed by atoms with E-state index in [0.717, 1.165) is 31.5 Å². The fourth-order valence-electron chi connectivity index (χ4n) is 2.16. The number of aromatic nitrogens is 2. The van der Waals surface area contributed by atoms with E-state index in [2.05, 4.69) is 22.3 Å². The molecule has 0 aliphatic heterocycles. The zero-order chi connectivity index (χ0) is 17.2. The summed E-state index contributed by atoms with van der Waals surface area (Å²) in [6.07, 6.45) is 5.01. The SMILES string of the molecule is CCCCCOc1cc(=NC(=S)NCC)cnn1-c1ccccc1. The lowest BCUT2D eigenvalue weighted by Gasteiger charge is -2.13. The molecule has 128 valence electrons. The predicted octanol–water partition coefficient (Wildman–Crippen LogP) is 3.24. The monoisotopic (exact) mass is 344 g/mol. The number of nitrogens with zero attached hydrogens (tertiary/aromatic N) is 3. The number of benzene rings is 1. The van der Waals surface area contributed by atoms with Gasteiger partial charge in [0, 0.05) is 12.6 Å². The Bertz CT molecular complexity index is 712. The molecule has 0 unspecified atom stereocenters. The molecule has 0 radical (unpaired) electrons. The van der Waals surface area contributed by atoms with Gasteiger partial charge in [-0.3, -0.25) is 0 Å². The molecule has 5 nitrogen and oxygen atoms in total. The zero-order valence-electron chi connectivity index (χ0n) is 14.2. The van der Waals surface area contributed by atoms with Crippen LogP contribution in [0.1, 0.15) is 33.1 Å². The van der Waals surface area contributed by atoms with Crippen molar-refractivity contribution >= 4 is 17.3 Å². The molecule has 0 saturated carbocycles. The Kier molecular flexibility index (Phi) is 7.42. The van der Waals surface area contributed by atoms with Crippen molar-refractivity contribution < 1.29 is 4.74 Å². The van der Waals surface area contributed by atoms with E-state index in [1.165, 1.54) is 0 Å². The van der Waals surface area contributed by atoms with Crippen LogP contribution in [0.25, 0.3) is 5.69 Å². The van der Waals surface area contributed by atoms with Crippen LogP contribution in [0.5, 0.6) is 5.88 Å². The molecule has 0 saturated heterocycles. The summed E-state index contributed by atoms with van der Waals surface area (Å²) >= 11 is 5.17. The third-order valence-electron chi connectivity index (χ3n) is 3.34. The van der Waals surface area contributed by atoms with E-state index in [4.69, 9.17) is 17.0 Å². The van der Waals surface area contributed by atoms with Crippen molar-refractivity contribution in [1.29, 1.82) is 0 Å². The summed E-state index contributed by atoms with van der Waals surface area (Å²) in [6, 6.07) is 11.8. The molecule has 1 heterocycles. The van der Waals surface area contributed by atoms with Gasteiger partial charge in [-0.05, 0) is 37.7 Å². The average Bonchev–Trinajstić information content (AvgIpc) is 2.60. The quantitative estimate of drug-likeness (QED) is 0.619.